The third-order valence-electron chi connectivity index (χ3n) is 4.80. The molecule has 1 aliphatic heterocycles. The SMILES string of the molecule is Cc1ccc(C=O)cc1N1CCO[C@H]([C@@H](O)C(=O)Nc2ccc(C(=N)N)cc2)C1=O. The van der Waals surface area contributed by atoms with Crippen LogP contribution >= 0.6 is 0 Å². The van der Waals surface area contributed by atoms with E-state index in [-0.39, 0.29) is 19.0 Å². The van der Waals surface area contributed by atoms with E-state index in [0.717, 1.165) is 5.56 Å². The van der Waals surface area contributed by atoms with E-state index in [9.17, 15) is 19.5 Å². The van der Waals surface area contributed by atoms with E-state index in [1.54, 1.807) is 37.3 Å². The number of carbonyl (C=O) groups is 3. The van der Waals surface area contributed by atoms with Gasteiger partial charge < -0.3 is 25.8 Å². The highest BCUT2D eigenvalue weighted by atomic mass is 16.5. The van der Waals surface area contributed by atoms with Crippen LogP contribution < -0.4 is 16.0 Å². The summed E-state index contributed by atoms with van der Waals surface area (Å²) in [5.74, 6) is -1.48. The number of anilines is 2. The number of morpholine rings is 1. The number of aryl methyl sites for hydroxylation is 1. The van der Waals surface area contributed by atoms with E-state index in [2.05, 4.69) is 5.32 Å². The molecule has 0 bridgehead atoms. The minimum Gasteiger partial charge on any atom is -0.384 e. The molecular weight excluding hydrogens is 388 g/mol. The maximum absolute atomic E-state index is 12.9. The lowest BCUT2D eigenvalue weighted by Gasteiger charge is -2.35. The second kappa shape index (κ2) is 8.85. The molecule has 1 heterocycles. The highest BCUT2D eigenvalue weighted by Gasteiger charge is 2.39. The van der Waals surface area contributed by atoms with Gasteiger partial charge in [0.15, 0.2) is 12.2 Å². The van der Waals surface area contributed by atoms with Crippen LogP contribution in [0.2, 0.25) is 0 Å². The lowest BCUT2D eigenvalue weighted by Crippen LogP contribution is -2.55. The summed E-state index contributed by atoms with van der Waals surface area (Å²) >= 11 is 0. The van der Waals surface area contributed by atoms with Crippen LogP contribution in [0.4, 0.5) is 11.4 Å². The number of amides is 2. The molecule has 156 valence electrons. The van der Waals surface area contributed by atoms with Crippen molar-refractivity contribution in [3.05, 3.63) is 59.2 Å². The van der Waals surface area contributed by atoms with Crippen molar-refractivity contribution in [2.24, 2.45) is 5.73 Å². The Morgan fingerprint density at radius 3 is 2.67 bits per heavy atom. The Morgan fingerprint density at radius 2 is 2.03 bits per heavy atom. The number of nitrogen functional groups attached to an aromatic ring is 1. The Kier molecular flexibility index (Phi) is 6.24. The van der Waals surface area contributed by atoms with Gasteiger partial charge in [-0.15, -0.1) is 0 Å². The standard InChI is InChI=1S/C21H22N4O5/c1-12-2-3-13(11-26)10-16(12)25-8-9-30-18(21(25)29)17(27)20(28)24-15-6-4-14(5-7-15)19(22)23/h2-7,10-11,17-18,27H,8-9H2,1H3,(H3,22,23)(H,24,28)/t17-,18-/m1/s1. The van der Waals surface area contributed by atoms with E-state index >= 15 is 0 Å². The number of hydrogen-bond acceptors (Lipinski definition) is 6. The van der Waals surface area contributed by atoms with Crippen molar-refractivity contribution in [1.82, 2.24) is 0 Å². The summed E-state index contributed by atoms with van der Waals surface area (Å²) in [6.07, 6.45) is -2.43. The Balaban J connectivity index is 1.74. The van der Waals surface area contributed by atoms with Gasteiger partial charge in [-0.25, -0.2) is 0 Å². The summed E-state index contributed by atoms with van der Waals surface area (Å²) in [4.78, 5) is 37.9. The number of hydrogen-bond donors (Lipinski definition) is 4. The average Bonchev–Trinajstić information content (AvgIpc) is 2.74. The van der Waals surface area contributed by atoms with Gasteiger partial charge in [0.2, 0.25) is 0 Å². The highest BCUT2D eigenvalue weighted by molar-refractivity contribution is 6.04. The minimum atomic E-state index is -1.73. The van der Waals surface area contributed by atoms with Crippen molar-refractivity contribution in [1.29, 1.82) is 5.41 Å². The fourth-order valence-corrected chi connectivity index (χ4v) is 3.15. The Bertz CT molecular complexity index is 989. The number of carbonyl (C=O) groups excluding carboxylic acids is 3. The minimum absolute atomic E-state index is 0.108. The van der Waals surface area contributed by atoms with Crippen molar-refractivity contribution < 1.29 is 24.2 Å². The van der Waals surface area contributed by atoms with Crippen LogP contribution in [-0.4, -0.2) is 54.4 Å². The zero-order valence-corrected chi connectivity index (χ0v) is 16.3. The first kappa shape index (κ1) is 21.2. The van der Waals surface area contributed by atoms with Crippen LogP contribution in [0.1, 0.15) is 21.5 Å². The number of benzene rings is 2. The van der Waals surface area contributed by atoms with Gasteiger partial charge in [-0.1, -0.05) is 12.1 Å². The van der Waals surface area contributed by atoms with Crippen LogP contribution in [0, 0.1) is 12.3 Å². The summed E-state index contributed by atoms with van der Waals surface area (Å²) in [6.45, 7) is 2.16. The number of aldehydes is 1. The van der Waals surface area contributed by atoms with Crippen molar-refractivity contribution in [3.8, 4) is 0 Å². The molecule has 30 heavy (non-hydrogen) atoms. The molecule has 1 fully saturated rings. The monoisotopic (exact) mass is 410 g/mol. The fraction of sp³-hybridized carbons (Fsp3) is 0.238. The fourth-order valence-electron chi connectivity index (χ4n) is 3.15. The summed E-state index contributed by atoms with van der Waals surface area (Å²) in [6, 6.07) is 11.1. The van der Waals surface area contributed by atoms with E-state index in [1.807, 2.05) is 0 Å². The van der Waals surface area contributed by atoms with Crippen LogP contribution in [0.15, 0.2) is 42.5 Å². The molecule has 0 saturated carbocycles. The Labute approximate surface area is 172 Å². The lowest BCUT2D eigenvalue weighted by atomic mass is 10.1. The maximum Gasteiger partial charge on any atom is 0.259 e. The molecular formula is C21H22N4O5. The summed E-state index contributed by atoms with van der Waals surface area (Å²) < 4.78 is 5.39. The van der Waals surface area contributed by atoms with Crippen LogP contribution in [-0.2, 0) is 14.3 Å². The Morgan fingerprint density at radius 1 is 1.33 bits per heavy atom. The zero-order chi connectivity index (χ0) is 21.8. The maximum atomic E-state index is 12.9. The zero-order valence-electron chi connectivity index (χ0n) is 16.3. The number of amidine groups is 1. The largest absolute Gasteiger partial charge is 0.384 e. The van der Waals surface area contributed by atoms with Gasteiger partial charge in [0.1, 0.15) is 12.1 Å². The van der Waals surface area contributed by atoms with Gasteiger partial charge in [0.05, 0.1) is 6.61 Å². The van der Waals surface area contributed by atoms with Crippen LogP contribution in [0.3, 0.4) is 0 Å². The second-order valence-electron chi connectivity index (χ2n) is 6.87. The molecule has 2 amide bonds. The molecule has 1 saturated heterocycles. The van der Waals surface area contributed by atoms with Crippen LogP contribution in [0.25, 0.3) is 0 Å². The lowest BCUT2D eigenvalue weighted by molar-refractivity contribution is -0.150. The summed E-state index contributed by atoms with van der Waals surface area (Å²) in [5, 5.41) is 20.3. The molecule has 0 spiro atoms. The molecule has 9 nitrogen and oxygen atoms in total. The van der Waals surface area contributed by atoms with Crippen LogP contribution in [0.5, 0.6) is 0 Å². The first-order valence-corrected chi connectivity index (χ1v) is 9.24. The van der Waals surface area contributed by atoms with E-state index in [4.69, 9.17) is 15.9 Å². The van der Waals surface area contributed by atoms with Crippen molar-refractivity contribution in [2.45, 2.75) is 19.1 Å². The molecule has 0 radical (unpaired) electrons. The van der Waals surface area contributed by atoms with E-state index < -0.39 is 24.0 Å². The highest BCUT2D eigenvalue weighted by Crippen LogP contribution is 2.25. The number of ether oxygens (including phenoxy) is 1. The molecule has 3 rings (SSSR count). The molecule has 0 aromatic heterocycles. The summed E-state index contributed by atoms with van der Waals surface area (Å²) in [5.41, 5.74) is 7.98. The van der Waals surface area contributed by atoms with Gasteiger partial charge in [-0.2, -0.15) is 0 Å². The van der Waals surface area contributed by atoms with E-state index in [1.165, 1.54) is 17.0 Å². The van der Waals surface area contributed by atoms with Gasteiger partial charge in [0.25, 0.3) is 11.8 Å². The van der Waals surface area contributed by atoms with Gasteiger partial charge in [-0.05, 0) is 42.8 Å². The number of nitrogens with one attached hydrogen (secondary N) is 2. The number of aliphatic hydroxyl groups is 1. The predicted molar refractivity (Wildman–Crippen MR) is 111 cm³/mol. The molecule has 9 heteroatoms. The molecule has 2 aromatic carbocycles. The van der Waals surface area contributed by atoms with Gasteiger partial charge in [-0.3, -0.25) is 19.8 Å². The number of rotatable bonds is 6. The summed E-state index contributed by atoms with van der Waals surface area (Å²) in [7, 11) is 0. The quantitative estimate of drug-likeness (QED) is 0.315. The normalized spacial score (nSPS) is 17.3. The molecule has 2 atom stereocenters. The third kappa shape index (κ3) is 4.37. The topological polar surface area (TPSA) is 146 Å². The predicted octanol–water partition coefficient (Wildman–Crippen LogP) is 0.823. The first-order valence-electron chi connectivity index (χ1n) is 9.24. The van der Waals surface area contributed by atoms with Crippen molar-refractivity contribution in [3.63, 3.8) is 0 Å². The van der Waals surface area contributed by atoms with E-state index in [0.29, 0.717) is 28.8 Å². The number of nitrogens with two attached hydrogens (primary N) is 1. The average molecular weight is 410 g/mol. The number of nitrogens with zero attached hydrogens (tertiary/aromatic N) is 1. The molecule has 2 aromatic rings. The second-order valence-corrected chi connectivity index (χ2v) is 6.87. The van der Waals surface area contributed by atoms with Gasteiger partial charge in [0, 0.05) is 29.0 Å². The number of aliphatic hydroxyl groups excluding tert-OH is 1. The smallest absolute Gasteiger partial charge is 0.259 e. The third-order valence-corrected chi connectivity index (χ3v) is 4.80. The molecule has 0 unspecified atom stereocenters. The molecule has 1 aliphatic rings. The first-order chi connectivity index (χ1) is 14.3. The van der Waals surface area contributed by atoms with Gasteiger partial charge >= 0.3 is 0 Å². The molecule has 5 N–H and O–H groups in total. The Hall–Kier alpha value is -3.56. The van der Waals surface area contributed by atoms with Crippen molar-refractivity contribution >= 4 is 35.3 Å². The van der Waals surface area contributed by atoms with Crippen molar-refractivity contribution in [2.75, 3.05) is 23.4 Å². The molecule has 0 aliphatic carbocycles.